The normalized spacial score (nSPS) is 21.1. The van der Waals surface area contributed by atoms with Crippen LogP contribution in [0.4, 0.5) is 8.78 Å². The van der Waals surface area contributed by atoms with E-state index in [0.29, 0.717) is 13.1 Å². The van der Waals surface area contributed by atoms with E-state index in [9.17, 15) is 13.6 Å². The molecule has 3 rings (SSSR count). The molecule has 0 saturated carbocycles. The molecule has 0 aliphatic carbocycles. The Bertz CT molecular complexity index is 734. The van der Waals surface area contributed by atoms with E-state index in [2.05, 4.69) is 10.2 Å². The summed E-state index contributed by atoms with van der Waals surface area (Å²) in [7, 11) is 0. The molecule has 1 aromatic heterocycles. The van der Waals surface area contributed by atoms with E-state index in [4.69, 9.17) is 5.73 Å². The van der Waals surface area contributed by atoms with Gasteiger partial charge in [-0.3, -0.25) is 4.79 Å². The Balaban J connectivity index is 2.04. The third kappa shape index (κ3) is 2.89. The highest BCUT2D eigenvalue weighted by Gasteiger charge is 2.33. The predicted molar refractivity (Wildman–Crippen MR) is 83.6 cm³/mol. The number of halogens is 2. The summed E-state index contributed by atoms with van der Waals surface area (Å²) in [5, 5.41) is 7.84. The van der Waals surface area contributed by atoms with Crippen LogP contribution in [0.25, 0.3) is 5.69 Å². The molecule has 8 heteroatoms. The van der Waals surface area contributed by atoms with Gasteiger partial charge in [0.05, 0.1) is 18.0 Å². The van der Waals surface area contributed by atoms with Crippen molar-refractivity contribution in [3.05, 3.63) is 41.7 Å². The number of nitrogens with zero attached hydrogens (tertiary/aromatic N) is 4. The van der Waals surface area contributed by atoms with Crippen molar-refractivity contribution in [1.82, 2.24) is 19.9 Å². The van der Waals surface area contributed by atoms with Crippen LogP contribution in [0.15, 0.2) is 24.5 Å². The standard InChI is InChI=1S/C16H19F2N5O/c1-10-3-2-6-22(15(10)9-19)16(24)11-7-12(17)13(18)8-14(11)23-20-4-5-21-23/h4-5,7-8,10,15H,2-3,6,9,19H2,1H3/t10-,15?/m1/s1. The van der Waals surface area contributed by atoms with Crippen LogP contribution in [-0.2, 0) is 0 Å². The van der Waals surface area contributed by atoms with Crippen LogP contribution in [0.2, 0.25) is 0 Å². The van der Waals surface area contributed by atoms with Crippen LogP contribution in [0.5, 0.6) is 0 Å². The van der Waals surface area contributed by atoms with Crippen molar-refractivity contribution in [3.8, 4) is 5.69 Å². The van der Waals surface area contributed by atoms with Gasteiger partial charge in [-0.15, -0.1) is 0 Å². The largest absolute Gasteiger partial charge is 0.334 e. The molecule has 0 radical (unpaired) electrons. The number of piperidine rings is 1. The van der Waals surface area contributed by atoms with Crippen molar-refractivity contribution in [3.63, 3.8) is 0 Å². The fourth-order valence-electron chi connectivity index (χ4n) is 3.23. The number of carbonyl (C=O) groups excluding carboxylic acids is 1. The molecule has 2 aromatic rings. The zero-order valence-corrected chi connectivity index (χ0v) is 13.3. The molecule has 1 amide bonds. The molecule has 128 valence electrons. The molecule has 24 heavy (non-hydrogen) atoms. The van der Waals surface area contributed by atoms with Crippen LogP contribution >= 0.6 is 0 Å². The minimum atomic E-state index is -1.08. The number of hydrogen-bond acceptors (Lipinski definition) is 4. The van der Waals surface area contributed by atoms with E-state index in [1.54, 1.807) is 4.90 Å². The maximum Gasteiger partial charge on any atom is 0.256 e. The van der Waals surface area contributed by atoms with Gasteiger partial charge in [0, 0.05) is 25.2 Å². The molecule has 0 bridgehead atoms. The van der Waals surface area contributed by atoms with Crippen LogP contribution in [-0.4, -0.2) is 44.9 Å². The van der Waals surface area contributed by atoms with Crippen LogP contribution in [0.3, 0.4) is 0 Å². The molecule has 2 heterocycles. The molecule has 1 aliphatic rings. The summed E-state index contributed by atoms with van der Waals surface area (Å²) in [6.45, 7) is 2.90. The van der Waals surface area contributed by atoms with Crippen molar-refractivity contribution in [2.45, 2.75) is 25.8 Å². The van der Waals surface area contributed by atoms with Crippen molar-refractivity contribution in [1.29, 1.82) is 0 Å². The molecule has 1 saturated heterocycles. The van der Waals surface area contributed by atoms with E-state index in [-0.39, 0.29) is 29.1 Å². The topological polar surface area (TPSA) is 77.0 Å². The van der Waals surface area contributed by atoms with Gasteiger partial charge in [-0.2, -0.15) is 15.0 Å². The number of nitrogens with two attached hydrogens (primary N) is 1. The number of benzene rings is 1. The molecule has 1 aliphatic heterocycles. The zero-order chi connectivity index (χ0) is 17.3. The highest BCUT2D eigenvalue weighted by Crippen LogP contribution is 2.27. The lowest BCUT2D eigenvalue weighted by atomic mass is 9.90. The zero-order valence-electron chi connectivity index (χ0n) is 13.3. The Labute approximate surface area is 138 Å². The summed E-state index contributed by atoms with van der Waals surface area (Å²) in [5.74, 6) is -2.27. The minimum Gasteiger partial charge on any atom is -0.334 e. The molecule has 2 N–H and O–H groups in total. The van der Waals surface area contributed by atoms with Crippen molar-refractivity contribution >= 4 is 5.91 Å². The van der Waals surface area contributed by atoms with Crippen LogP contribution in [0, 0.1) is 17.6 Å². The number of aromatic nitrogens is 3. The molecule has 1 unspecified atom stereocenters. The Morgan fingerprint density at radius 3 is 2.62 bits per heavy atom. The third-order valence-electron chi connectivity index (χ3n) is 4.52. The molecule has 0 spiro atoms. The molecule has 1 aromatic carbocycles. The number of hydrogen-bond donors (Lipinski definition) is 1. The Kier molecular flexibility index (Phi) is 4.57. The summed E-state index contributed by atoms with van der Waals surface area (Å²) in [6, 6.07) is 1.72. The van der Waals surface area contributed by atoms with Gasteiger partial charge < -0.3 is 10.6 Å². The Hall–Kier alpha value is -2.35. The number of amides is 1. The van der Waals surface area contributed by atoms with Gasteiger partial charge in [0.2, 0.25) is 0 Å². The predicted octanol–water partition coefficient (Wildman–Crippen LogP) is 1.74. The lowest BCUT2D eigenvalue weighted by molar-refractivity contribution is 0.0531. The van der Waals surface area contributed by atoms with Crippen LogP contribution < -0.4 is 5.73 Å². The van der Waals surface area contributed by atoms with E-state index < -0.39 is 11.6 Å². The number of rotatable bonds is 3. The molecular weight excluding hydrogens is 316 g/mol. The molecule has 2 atom stereocenters. The average Bonchev–Trinajstić information content (AvgIpc) is 3.10. The Morgan fingerprint density at radius 2 is 1.96 bits per heavy atom. The first-order valence-corrected chi connectivity index (χ1v) is 7.89. The van der Waals surface area contributed by atoms with E-state index >= 15 is 0 Å². The highest BCUT2D eigenvalue weighted by molar-refractivity contribution is 5.98. The minimum absolute atomic E-state index is 0.0256. The fourth-order valence-corrected chi connectivity index (χ4v) is 3.23. The summed E-state index contributed by atoms with van der Waals surface area (Å²) >= 11 is 0. The average molecular weight is 335 g/mol. The van der Waals surface area contributed by atoms with Gasteiger partial charge in [-0.25, -0.2) is 8.78 Å². The second-order valence-electron chi connectivity index (χ2n) is 6.02. The second-order valence-corrected chi connectivity index (χ2v) is 6.02. The van der Waals surface area contributed by atoms with Gasteiger partial charge in [-0.1, -0.05) is 6.92 Å². The van der Waals surface area contributed by atoms with E-state index in [1.807, 2.05) is 6.92 Å². The summed E-state index contributed by atoms with van der Waals surface area (Å²) in [6.07, 6.45) is 4.64. The monoisotopic (exact) mass is 335 g/mol. The van der Waals surface area contributed by atoms with Crippen molar-refractivity contribution in [2.24, 2.45) is 11.7 Å². The van der Waals surface area contributed by atoms with E-state index in [0.717, 1.165) is 29.8 Å². The smallest absolute Gasteiger partial charge is 0.256 e. The van der Waals surface area contributed by atoms with Crippen LogP contribution in [0.1, 0.15) is 30.1 Å². The van der Waals surface area contributed by atoms with Gasteiger partial charge in [0.25, 0.3) is 5.91 Å². The third-order valence-corrected chi connectivity index (χ3v) is 4.52. The molecule has 6 nitrogen and oxygen atoms in total. The first-order chi connectivity index (χ1) is 11.5. The van der Waals surface area contributed by atoms with Gasteiger partial charge in [0.1, 0.15) is 5.69 Å². The van der Waals surface area contributed by atoms with E-state index in [1.165, 1.54) is 12.4 Å². The first kappa shape index (κ1) is 16.5. The highest BCUT2D eigenvalue weighted by atomic mass is 19.2. The Morgan fingerprint density at radius 1 is 1.29 bits per heavy atom. The maximum absolute atomic E-state index is 13.8. The van der Waals surface area contributed by atoms with Gasteiger partial charge in [-0.05, 0) is 24.8 Å². The fraction of sp³-hybridized carbons (Fsp3) is 0.438. The second kappa shape index (κ2) is 6.64. The SMILES string of the molecule is C[C@@H]1CCCN(C(=O)c2cc(F)c(F)cc2-n2nccn2)C1CN. The summed E-state index contributed by atoms with van der Waals surface area (Å²) in [5.41, 5.74) is 5.96. The summed E-state index contributed by atoms with van der Waals surface area (Å²) < 4.78 is 27.4. The van der Waals surface area contributed by atoms with Gasteiger partial charge in [0.15, 0.2) is 11.6 Å². The van der Waals surface area contributed by atoms with Crippen molar-refractivity contribution in [2.75, 3.05) is 13.1 Å². The molecule has 1 fully saturated rings. The quantitative estimate of drug-likeness (QED) is 0.927. The van der Waals surface area contributed by atoms with Gasteiger partial charge >= 0.3 is 0 Å². The lowest BCUT2D eigenvalue weighted by Crippen LogP contribution is -2.51. The van der Waals surface area contributed by atoms with Crippen molar-refractivity contribution < 1.29 is 13.6 Å². The lowest BCUT2D eigenvalue weighted by Gasteiger charge is -2.39. The number of likely N-dealkylation sites (tertiary alicyclic amines) is 1. The number of carbonyl (C=O) groups is 1. The molecular formula is C16H19F2N5O. The first-order valence-electron chi connectivity index (χ1n) is 7.89. The summed E-state index contributed by atoms with van der Waals surface area (Å²) in [4.78, 5) is 15.8. The maximum atomic E-state index is 13.8.